The number of amides is 3. The molecule has 0 aliphatic rings. The van der Waals surface area contributed by atoms with Crippen LogP contribution in [0.2, 0.25) is 0 Å². The first-order chi connectivity index (χ1) is 23.8. The molecule has 5 aromatic rings. The number of hydrogen-bond donors (Lipinski definition) is 3. The molecule has 250 valence electrons. The van der Waals surface area contributed by atoms with Crippen molar-refractivity contribution in [2.24, 2.45) is 0 Å². The van der Waals surface area contributed by atoms with E-state index >= 15 is 0 Å². The number of anilines is 2. The van der Waals surface area contributed by atoms with Gasteiger partial charge < -0.3 is 25.1 Å². The molecule has 10 heteroatoms. The van der Waals surface area contributed by atoms with Crippen LogP contribution >= 0.6 is 27.7 Å². The number of carbonyl (C=O) groups excluding carboxylic acids is 3. The van der Waals surface area contributed by atoms with Gasteiger partial charge in [0, 0.05) is 37.9 Å². The number of carbonyl (C=O) groups is 3. The molecule has 0 bridgehead atoms. The van der Waals surface area contributed by atoms with Crippen LogP contribution in [-0.2, 0) is 9.59 Å². The first-order valence-corrected chi connectivity index (χ1v) is 17.5. The van der Waals surface area contributed by atoms with Gasteiger partial charge in [0.05, 0.1) is 11.9 Å². The van der Waals surface area contributed by atoms with Crippen LogP contribution in [0.3, 0.4) is 0 Å². The van der Waals surface area contributed by atoms with E-state index in [1.54, 1.807) is 48.5 Å². The molecule has 0 aliphatic carbocycles. The number of unbranched alkanes of at least 4 members (excludes halogenated alkanes) is 1. The van der Waals surface area contributed by atoms with Crippen LogP contribution in [0.15, 0.2) is 135 Å². The Morgan fingerprint density at radius 3 is 2.20 bits per heavy atom. The van der Waals surface area contributed by atoms with E-state index < -0.39 is 11.8 Å². The summed E-state index contributed by atoms with van der Waals surface area (Å²) in [7, 11) is 0. The third kappa shape index (κ3) is 10.5. The largest absolute Gasteiger partial charge is 0.494 e. The van der Waals surface area contributed by atoms with Crippen LogP contribution in [-0.4, -0.2) is 29.6 Å². The SMILES string of the molecule is CCCCOc1ccc(NC(=O)C(C)Sc2ccc(NC(=O)/C(=C/c3ccc(-c4ccc(Br)cc4)o3)NC(=O)c3ccccc3)cc2)cc1. The highest BCUT2D eigenvalue weighted by Gasteiger charge is 2.18. The van der Waals surface area contributed by atoms with Crippen molar-refractivity contribution in [2.75, 3.05) is 17.2 Å². The van der Waals surface area contributed by atoms with Gasteiger partial charge in [0.2, 0.25) is 5.91 Å². The Morgan fingerprint density at radius 1 is 0.837 bits per heavy atom. The molecule has 0 spiro atoms. The van der Waals surface area contributed by atoms with Gasteiger partial charge in [-0.2, -0.15) is 0 Å². The fraction of sp³-hybridized carbons (Fsp3) is 0.154. The van der Waals surface area contributed by atoms with Gasteiger partial charge in [0.15, 0.2) is 0 Å². The van der Waals surface area contributed by atoms with Gasteiger partial charge >= 0.3 is 0 Å². The highest BCUT2D eigenvalue weighted by Crippen LogP contribution is 2.27. The van der Waals surface area contributed by atoms with E-state index in [4.69, 9.17) is 9.15 Å². The van der Waals surface area contributed by atoms with Crippen molar-refractivity contribution in [3.05, 3.63) is 137 Å². The summed E-state index contributed by atoms with van der Waals surface area (Å²) in [6, 6.07) is 34.4. The summed E-state index contributed by atoms with van der Waals surface area (Å²) >= 11 is 4.83. The van der Waals surface area contributed by atoms with E-state index in [1.165, 1.54) is 17.8 Å². The van der Waals surface area contributed by atoms with Gasteiger partial charge in [0.25, 0.3) is 11.8 Å². The second kappa shape index (κ2) is 17.4. The van der Waals surface area contributed by atoms with Gasteiger partial charge in [-0.05, 0) is 98.3 Å². The van der Waals surface area contributed by atoms with Crippen molar-refractivity contribution in [1.82, 2.24) is 5.32 Å². The van der Waals surface area contributed by atoms with Gasteiger partial charge in [0.1, 0.15) is 23.0 Å². The highest BCUT2D eigenvalue weighted by molar-refractivity contribution is 9.10. The first kappa shape index (κ1) is 35.3. The second-order valence-electron chi connectivity index (χ2n) is 11.0. The Bertz CT molecular complexity index is 1890. The van der Waals surface area contributed by atoms with Crippen molar-refractivity contribution in [3.63, 3.8) is 0 Å². The molecule has 1 unspecified atom stereocenters. The topological polar surface area (TPSA) is 110 Å². The lowest BCUT2D eigenvalue weighted by atomic mass is 10.2. The number of nitrogens with one attached hydrogen (secondary N) is 3. The molecule has 0 saturated heterocycles. The van der Waals surface area contributed by atoms with E-state index in [2.05, 4.69) is 38.8 Å². The Kier molecular flexibility index (Phi) is 12.5. The van der Waals surface area contributed by atoms with Crippen molar-refractivity contribution in [3.8, 4) is 17.1 Å². The van der Waals surface area contributed by atoms with Crippen molar-refractivity contribution >= 4 is 62.9 Å². The minimum atomic E-state index is -0.527. The standard InChI is InChI=1S/C39H36BrN3O5S/c1-3-4-24-47-32-18-14-30(15-19-32)41-37(44)26(2)49-34-21-16-31(17-22-34)42-39(46)35(43-38(45)28-8-6-5-7-9-28)25-33-20-23-36(48-33)27-10-12-29(40)13-11-27/h5-23,25-26H,3-4,24H2,1-2H3,(H,41,44)(H,42,46)(H,43,45)/b35-25-. The molecule has 8 nitrogen and oxygen atoms in total. The van der Waals surface area contributed by atoms with Crippen LogP contribution in [0.4, 0.5) is 11.4 Å². The van der Waals surface area contributed by atoms with Crippen LogP contribution < -0.4 is 20.7 Å². The number of furan rings is 1. The number of benzene rings is 4. The van der Waals surface area contributed by atoms with Gasteiger partial charge in [-0.1, -0.05) is 59.6 Å². The molecular weight excluding hydrogens is 702 g/mol. The van der Waals surface area contributed by atoms with Crippen LogP contribution in [0, 0.1) is 0 Å². The zero-order valence-corrected chi connectivity index (χ0v) is 29.5. The molecule has 5 rings (SSSR count). The second-order valence-corrected chi connectivity index (χ2v) is 13.4. The summed E-state index contributed by atoms with van der Waals surface area (Å²) in [5, 5.41) is 8.15. The normalized spacial score (nSPS) is 11.8. The van der Waals surface area contributed by atoms with Gasteiger partial charge in [-0.3, -0.25) is 14.4 Å². The molecule has 4 aromatic carbocycles. The summed E-state index contributed by atoms with van der Waals surface area (Å²) in [6.45, 7) is 4.62. The van der Waals surface area contributed by atoms with E-state index in [1.807, 2.05) is 73.7 Å². The minimum absolute atomic E-state index is 0.00913. The lowest BCUT2D eigenvalue weighted by molar-refractivity contribution is -0.115. The molecule has 0 fully saturated rings. The predicted octanol–water partition coefficient (Wildman–Crippen LogP) is 9.42. The Hall–Kier alpha value is -5.06. The number of thioether (sulfide) groups is 1. The third-order valence-electron chi connectivity index (χ3n) is 7.25. The summed E-state index contributed by atoms with van der Waals surface area (Å²) in [4.78, 5) is 40.3. The highest BCUT2D eigenvalue weighted by atomic mass is 79.9. The number of hydrogen-bond acceptors (Lipinski definition) is 6. The maximum atomic E-state index is 13.5. The lowest BCUT2D eigenvalue weighted by Crippen LogP contribution is -2.30. The third-order valence-corrected chi connectivity index (χ3v) is 8.89. The fourth-order valence-electron chi connectivity index (χ4n) is 4.57. The summed E-state index contributed by atoms with van der Waals surface area (Å²) in [6.07, 6.45) is 3.55. The molecule has 3 N–H and O–H groups in total. The zero-order valence-electron chi connectivity index (χ0n) is 27.1. The zero-order chi connectivity index (χ0) is 34.6. The van der Waals surface area contributed by atoms with E-state index in [0.29, 0.717) is 35.1 Å². The van der Waals surface area contributed by atoms with Crippen LogP contribution in [0.1, 0.15) is 42.8 Å². The van der Waals surface area contributed by atoms with Gasteiger partial charge in [-0.25, -0.2) is 0 Å². The molecule has 0 radical (unpaired) electrons. The quantitative estimate of drug-likeness (QED) is 0.0595. The van der Waals surface area contributed by atoms with Gasteiger partial charge in [-0.15, -0.1) is 11.8 Å². The summed E-state index contributed by atoms with van der Waals surface area (Å²) in [5.74, 6) is 0.694. The maximum Gasteiger partial charge on any atom is 0.272 e. The lowest BCUT2D eigenvalue weighted by Gasteiger charge is -2.14. The summed E-state index contributed by atoms with van der Waals surface area (Å²) < 4.78 is 12.6. The Morgan fingerprint density at radius 2 is 1.51 bits per heavy atom. The van der Waals surface area contributed by atoms with Crippen molar-refractivity contribution in [1.29, 1.82) is 0 Å². The van der Waals surface area contributed by atoms with E-state index in [9.17, 15) is 14.4 Å². The fourth-order valence-corrected chi connectivity index (χ4v) is 5.70. The Balaban J connectivity index is 1.23. The maximum absolute atomic E-state index is 13.5. The predicted molar refractivity (Wildman–Crippen MR) is 200 cm³/mol. The molecule has 49 heavy (non-hydrogen) atoms. The van der Waals surface area contributed by atoms with Crippen molar-refractivity contribution < 1.29 is 23.5 Å². The first-order valence-electron chi connectivity index (χ1n) is 15.8. The minimum Gasteiger partial charge on any atom is -0.494 e. The molecule has 1 heterocycles. The average Bonchev–Trinajstić information content (AvgIpc) is 3.58. The molecule has 1 atom stereocenters. The number of ether oxygens (including phenoxy) is 1. The molecular formula is C39H36BrN3O5S. The monoisotopic (exact) mass is 737 g/mol. The molecule has 1 aromatic heterocycles. The smallest absolute Gasteiger partial charge is 0.272 e. The number of halogens is 1. The van der Waals surface area contributed by atoms with Crippen molar-refractivity contribution in [2.45, 2.75) is 36.8 Å². The summed E-state index contributed by atoms with van der Waals surface area (Å²) in [5.41, 5.74) is 2.50. The number of rotatable bonds is 14. The Labute approximate surface area is 298 Å². The van der Waals surface area contributed by atoms with E-state index in [0.717, 1.165) is 33.5 Å². The molecule has 3 amide bonds. The van der Waals surface area contributed by atoms with Crippen LogP contribution in [0.5, 0.6) is 5.75 Å². The average molecular weight is 739 g/mol. The molecule has 0 saturated carbocycles. The van der Waals surface area contributed by atoms with E-state index in [-0.39, 0.29) is 16.9 Å². The molecule has 0 aliphatic heterocycles. The van der Waals surface area contributed by atoms with Crippen LogP contribution in [0.25, 0.3) is 17.4 Å².